The highest BCUT2D eigenvalue weighted by Crippen LogP contribution is 2.88. The summed E-state index contributed by atoms with van der Waals surface area (Å²) in [5.41, 5.74) is -5.62. The van der Waals surface area contributed by atoms with Crippen LogP contribution in [0.1, 0.15) is 0 Å². The van der Waals surface area contributed by atoms with Crippen molar-refractivity contribution < 1.29 is 58.5 Å². The molecule has 0 bridgehead atoms. The van der Waals surface area contributed by atoms with E-state index in [0.717, 1.165) is 0 Å². The van der Waals surface area contributed by atoms with Crippen molar-refractivity contribution in [2.24, 2.45) is 11.3 Å². The number of carbonyl (C=O) groups is 1. The second-order valence-electron chi connectivity index (χ2n) is 5.07. The first-order valence-electron chi connectivity index (χ1n) is 5.77. The van der Waals surface area contributed by atoms with Crippen LogP contribution in [0.2, 0.25) is 0 Å². The van der Waals surface area contributed by atoms with Gasteiger partial charge in [-0.2, -0.15) is 43.9 Å². The number of ether oxygens (including phenoxy) is 1. The number of esters is 1. The Labute approximate surface area is 120 Å². The molecule has 0 aliphatic heterocycles. The van der Waals surface area contributed by atoms with Crippen LogP contribution in [0.4, 0.5) is 43.9 Å². The quantitative estimate of drug-likeness (QED) is 0.615. The van der Waals surface area contributed by atoms with Crippen LogP contribution in [0, 0.1) is 11.3 Å². The highest BCUT2D eigenvalue weighted by molar-refractivity contribution is 5.81. The number of aliphatic hydroxyl groups is 1. The molecular weight excluding hydrogens is 358 g/mol. The van der Waals surface area contributed by atoms with Crippen LogP contribution >= 0.6 is 0 Å². The van der Waals surface area contributed by atoms with E-state index in [1.54, 1.807) is 0 Å². The third-order valence-electron chi connectivity index (χ3n) is 4.06. The molecule has 0 amide bonds. The molecule has 0 saturated heterocycles. The van der Waals surface area contributed by atoms with E-state index in [1.807, 2.05) is 0 Å². The molecule has 1 N–H and O–H groups in total. The van der Waals surface area contributed by atoms with Gasteiger partial charge in [0.15, 0.2) is 5.41 Å². The van der Waals surface area contributed by atoms with Gasteiger partial charge in [0, 0.05) is 0 Å². The number of alkyl halides is 10. The smallest absolute Gasteiger partial charge is 0.378 e. The zero-order valence-corrected chi connectivity index (χ0v) is 10.5. The van der Waals surface area contributed by atoms with Crippen LogP contribution in [0.5, 0.6) is 0 Å². The SMILES string of the molecule is O=C(OCCO)C(F)(F)C12C(C(F)(F)C1(F)F)C(F)(F)C2(F)F. The van der Waals surface area contributed by atoms with Crippen molar-refractivity contribution in [1.29, 1.82) is 0 Å². The maximum absolute atomic E-state index is 13.8. The lowest BCUT2D eigenvalue weighted by molar-refractivity contribution is -0.592. The Morgan fingerprint density at radius 2 is 1.35 bits per heavy atom. The molecule has 134 valence electrons. The van der Waals surface area contributed by atoms with Crippen molar-refractivity contribution in [2.45, 2.75) is 29.6 Å². The van der Waals surface area contributed by atoms with Gasteiger partial charge in [0.25, 0.3) is 0 Å². The van der Waals surface area contributed by atoms with Gasteiger partial charge in [-0.3, -0.25) is 0 Å². The molecule has 0 aromatic heterocycles. The van der Waals surface area contributed by atoms with Crippen molar-refractivity contribution in [1.82, 2.24) is 0 Å². The number of fused-ring (bicyclic) bond motifs is 1. The van der Waals surface area contributed by atoms with Gasteiger partial charge in [0.2, 0.25) is 0 Å². The summed E-state index contributed by atoms with van der Waals surface area (Å²) in [5, 5.41) is 8.23. The van der Waals surface area contributed by atoms with Crippen LogP contribution in [0.15, 0.2) is 0 Å². The Morgan fingerprint density at radius 3 is 1.70 bits per heavy atom. The van der Waals surface area contributed by atoms with Crippen molar-refractivity contribution in [3.05, 3.63) is 0 Å². The molecule has 2 aliphatic carbocycles. The number of hydrogen-bond acceptors (Lipinski definition) is 3. The Kier molecular flexibility index (Phi) is 3.32. The third kappa shape index (κ3) is 1.41. The summed E-state index contributed by atoms with van der Waals surface area (Å²) >= 11 is 0. The maximum atomic E-state index is 13.8. The van der Waals surface area contributed by atoms with Gasteiger partial charge in [-0.05, 0) is 0 Å². The molecule has 23 heavy (non-hydrogen) atoms. The largest absolute Gasteiger partial charge is 0.459 e. The monoisotopic (exact) mass is 364 g/mol. The van der Waals surface area contributed by atoms with Crippen LogP contribution in [-0.4, -0.2) is 53.9 Å². The zero-order valence-electron chi connectivity index (χ0n) is 10.5. The molecule has 3 nitrogen and oxygen atoms in total. The van der Waals surface area contributed by atoms with Crippen LogP contribution in [0.3, 0.4) is 0 Å². The van der Waals surface area contributed by atoms with Crippen molar-refractivity contribution in [2.75, 3.05) is 13.2 Å². The topological polar surface area (TPSA) is 46.5 Å². The van der Waals surface area contributed by atoms with E-state index in [2.05, 4.69) is 4.74 Å². The molecule has 0 heterocycles. The lowest BCUT2D eigenvalue weighted by atomic mass is 9.36. The first-order chi connectivity index (χ1) is 10.1. The normalized spacial score (nSPS) is 35.5. The van der Waals surface area contributed by atoms with E-state index in [9.17, 15) is 48.7 Å². The number of aliphatic hydroxyl groups excluding tert-OH is 1. The minimum atomic E-state index is -6.29. The Morgan fingerprint density at radius 1 is 0.957 bits per heavy atom. The van der Waals surface area contributed by atoms with Crippen LogP contribution in [0.25, 0.3) is 0 Å². The molecule has 0 atom stereocenters. The van der Waals surface area contributed by atoms with Gasteiger partial charge in [-0.25, -0.2) is 4.79 Å². The summed E-state index contributed by atoms with van der Waals surface area (Å²) in [7, 11) is 0. The van der Waals surface area contributed by atoms with Gasteiger partial charge < -0.3 is 9.84 Å². The number of carbonyl (C=O) groups excluding carboxylic acids is 1. The molecule has 2 saturated carbocycles. The van der Waals surface area contributed by atoms with Gasteiger partial charge in [-0.15, -0.1) is 0 Å². The molecule has 2 aliphatic rings. The Hall–Kier alpha value is -1.27. The minimum absolute atomic E-state index is 1.13. The summed E-state index contributed by atoms with van der Waals surface area (Å²) in [6, 6.07) is 0. The molecule has 0 spiro atoms. The first kappa shape index (κ1) is 18.1. The molecule has 0 unspecified atom stereocenters. The molecule has 0 radical (unpaired) electrons. The summed E-state index contributed by atoms with van der Waals surface area (Å²) in [5.74, 6) is -38.0. The molecule has 0 aromatic rings. The van der Waals surface area contributed by atoms with Crippen molar-refractivity contribution in [3.8, 4) is 0 Å². The van der Waals surface area contributed by atoms with Gasteiger partial charge in [-0.1, -0.05) is 0 Å². The van der Waals surface area contributed by atoms with E-state index in [0.29, 0.717) is 0 Å². The number of hydrogen-bond donors (Lipinski definition) is 1. The van der Waals surface area contributed by atoms with E-state index in [1.165, 1.54) is 0 Å². The van der Waals surface area contributed by atoms with E-state index in [4.69, 9.17) is 5.11 Å². The lowest BCUT2D eigenvalue weighted by Gasteiger charge is -2.72. The second-order valence-corrected chi connectivity index (χ2v) is 5.07. The Balaban J connectivity index is 2.59. The second kappa shape index (κ2) is 4.22. The fraction of sp³-hybridized carbons (Fsp3) is 0.900. The fourth-order valence-corrected chi connectivity index (χ4v) is 3.03. The van der Waals surface area contributed by atoms with Crippen molar-refractivity contribution in [3.63, 3.8) is 0 Å². The van der Waals surface area contributed by atoms with Crippen molar-refractivity contribution >= 4 is 5.97 Å². The highest BCUT2D eigenvalue weighted by atomic mass is 19.3. The predicted octanol–water partition coefficient (Wildman–Crippen LogP) is 2.33. The first-order valence-corrected chi connectivity index (χ1v) is 5.77. The summed E-state index contributed by atoms with van der Waals surface area (Å²) in [4.78, 5) is 11.0. The standard InChI is InChI=1S/C10H6F10O3/c11-6(12)3-5(9(6,17)18,10(19,20)7(3,13)14)8(15,16)4(22)23-2-1-21/h3,21H,1-2H2. The van der Waals surface area contributed by atoms with Gasteiger partial charge >= 0.3 is 35.6 Å². The van der Waals surface area contributed by atoms with Gasteiger partial charge in [0.1, 0.15) is 12.5 Å². The third-order valence-corrected chi connectivity index (χ3v) is 4.06. The average Bonchev–Trinajstić information content (AvgIpc) is 2.39. The summed E-state index contributed by atoms with van der Waals surface area (Å²) < 4.78 is 137. The predicted molar refractivity (Wildman–Crippen MR) is 48.7 cm³/mol. The van der Waals surface area contributed by atoms with Crippen LogP contribution < -0.4 is 0 Å². The van der Waals surface area contributed by atoms with Gasteiger partial charge in [0.05, 0.1) is 6.61 Å². The Bertz CT molecular complexity index is 515. The van der Waals surface area contributed by atoms with E-state index >= 15 is 0 Å². The molecular formula is C10H6F10O3. The summed E-state index contributed by atoms with van der Waals surface area (Å²) in [6.45, 7) is -2.39. The number of halogens is 10. The minimum Gasteiger partial charge on any atom is -0.459 e. The average molecular weight is 364 g/mol. The highest BCUT2D eigenvalue weighted by Gasteiger charge is 3.14. The molecule has 2 rings (SSSR count). The molecule has 0 aromatic carbocycles. The fourth-order valence-electron chi connectivity index (χ4n) is 3.03. The molecule has 13 heteroatoms. The van der Waals surface area contributed by atoms with Crippen LogP contribution in [-0.2, 0) is 9.53 Å². The summed E-state index contributed by atoms with van der Waals surface area (Å²) in [6.07, 6.45) is 0. The number of rotatable bonds is 4. The van der Waals surface area contributed by atoms with E-state index in [-0.39, 0.29) is 0 Å². The lowest BCUT2D eigenvalue weighted by Crippen LogP contribution is -2.99. The maximum Gasteiger partial charge on any atom is 0.378 e. The van der Waals surface area contributed by atoms with E-state index < -0.39 is 60.1 Å². The molecule has 2 fully saturated rings. The zero-order chi connectivity index (χ0) is 18.3.